The van der Waals surface area contributed by atoms with Gasteiger partial charge in [-0.15, -0.1) is 0 Å². The first-order valence-corrected chi connectivity index (χ1v) is 9.31. The first kappa shape index (κ1) is 19.2. The highest BCUT2D eigenvalue weighted by molar-refractivity contribution is 5.89. The van der Waals surface area contributed by atoms with Gasteiger partial charge in [0.2, 0.25) is 0 Å². The molecular formula is C21H34O3. The second-order valence-electron chi connectivity index (χ2n) is 8.61. The van der Waals surface area contributed by atoms with Crippen molar-refractivity contribution in [2.45, 2.75) is 66.2 Å². The van der Waals surface area contributed by atoms with Gasteiger partial charge < -0.3 is 9.84 Å². The molecule has 3 heteroatoms. The van der Waals surface area contributed by atoms with Crippen molar-refractivity contribution in [1.82, 2.24) is 0 Å². The van der Waals surface area contributed by atoms with Gasteiger partial charge in [0.25, 0.3) is 0 Å². The third-order valence-electron chi connectivity index (χ3n) is 6.71. The van der Waals surface area contributed by atoms with Gasteiger partial charge in [-0.3, -0.25) is 0 Å². The van der Waals surface area contributed by atoms with Crippen LogP contribution in [-0.4, -0.2) is 24.8 Å². The van der Waals surface area contributed by atoms with E-state index in [9.17, 15) is 4.79 Å². The molecule has 0 amide bonds. The number of fused-ring (bicyclic) bond motifs is 1. The van der Waals surface area contributed by atoms with Crippen LogP contribution >= 0.6 is 0 Å². The molecule has 1 fully saturated rings. The van der Waals surface area contributed by atoms with Crippen LogP contribution in [0.2, 0.25) is 0 Å². The van der Waals surface area contributed by atoms with Crippen molar-refractivity contribution in [3.63, 3.8) is 0 Å². The summed E-state index contributed by atoms with van der Waals surface area (Å²) < 4.78 is 5.09. The topological polar surface area (TPSA) is 46.5 Å². The van der Waals surface area contributed by atoms with Crippen molar-refractivity contribution in [3.05, 3.63) is 23.3 Å². The number of hydrogen-bond acceptors (Lipinski definition) is 3. The summed E-state index contributed by atoms with van der Waals surface area (Å²) in [4.78, 5) is 12.4. The lowest BCUT2D eigenvalue weighted by atomic mass is 9.48. The van der Waals surface area contributed by atoms with Gasteiger partial charge in [-0.1, -0.05) is 44.9 Å². The summed E-state index contributed by atoms with van der Waals surface area (Å²) in [5, 5.41) is 9.10. The van der Waals surface area contributed by atoms with Gasteiger partial charge in [-0.05, 0) is 61.7 Å². The molecule has 2 aliphatic rings. The number of esters is 1. The molecule has 3 unspecified atom stereocenters. The summed E-state index contributed by atoms with van der Waals surface area (Å²) in [5.74, 6) is 0.691. The number of rotatable bonds is 5. The smallest absolute Gasteiger partial charge is 0.333 e. The molecule has 3 atom stereocenters. The van der Waals surface area contributed by atoms with Crippen LogP contribution in [0.1, 0.15) is 66.2 Å². The highest BCUT2D eigenvalue weighted by Crippen LogP contribution is 2.60. The maximum absolute atomic E-state index is 12.4. The van der Waals surface area contributed by atoms with Crippen LogP contribution in [0.15, 0.2) is 23.3 Å². The van der Waals surface area contributed by atoms with Crippen LogP contribution in [0.3, 0.4) is 0 Å². The molecule has 136 valence electrons. The van der Waals surface area contributed by atoms with Crippen molar-refractivity contribution in [2.75, 3.05) is 13.7 Å². The van der Waals surface area contributed by atoms with E-state index >= 15 is 0 Å². The van der Waals surface area contributed by atoms with E-state index < -0.39 is 0 Å². The van der Waals surface area contributed by atoms with Gasteiger partial charge in [-0.2, -0.15) is 0 Å². The van der Waals surface area contributed by atoms with Crippen molar-refractivity contribution >= 4 is 5.97 Å². The van der Waals surface area contributed by atoms with Gasteiger partial charge in [0, 0.05) is 5.57 Å². The first-order chi connectivity index (χ1) is 11.3. The molecule has 0 spiro atoms. The summed E-state index contributed by atoms with van der Waals surface area (Å²) in [6, 6.07) is 0. The number of ether oxygens (including phenoxy) is 1. The molecule has 2 aliphatic carbocycles. The number of carbonyl (C=O) groups is 1. The molecule has 3 nitrogen and oxygen atoms in total. The van der Waals surface area contributed by atoms with E-state index in [-0.39, 0.29) is 23.9 Å². The minimum absolute atomic E-state index is 0.0864. The van der Waals surface area contributed by atoms with Gasteiger partial charge >= 0.3 is 5.97 Å². The maximum Gasteiger partial charge on any atom is 0.333 e. The van der Waals surface area contributed by atoms with E-state index in [0.717, 1.165) is 24.8 Å². The van der Waals surface area contributed by atoms with Crippen molar-refractivity contribution in [3.8, 4) is 0 Å². The second kappa shape index (κ2) is 7.43. The van der Waals surface area contributed by atoms with Crippen LogP contribution < -0.4 is 0 Å². The SMILES string of the molecule is COC(=O)C1=CCC2C(C)(C)CCCC2(C)C1CCC(C)=CCO. The Hall–Kier alpha value is -1.09. The fraction of sp³-hybridized carbons (Fsp3) is 0.762. The largest absolute Gasteiger partial charge is 0.466 e. The van der Waals surface area contributed by atoms with Crippen LogP contribution in [0.25, 0.3) is 0 Å². The van der Waals surface area contributed by atoms with Crippen molar-refractivity contribution in [1.29, 1.82) is 0 Å². The van der Waals surface area contributed by atoms with Gasteiger partial charge in [0.15, 0.2) is 0 Å². The Morgan fingerprint density at radius 1 is 1.38 bits per heavy atom. The lowest BCUT2D eigenvalue weighted by Crippen LogP contribution is -2.49. The Balaban J connectivity index is 2.34. The Bertz CT molecular complexity index is 529. The Morgan fingerprint density at radius 2 is 2.08 bits per heavy atom. The number of allylic oxidation sites excluding steroid dienone is 2. The first-order valence-electron chi connectivity index (χ1n) is 9.31. The Kier molecular flexibility index (Phi) is 5.95. The molecule has 24 heavy (non-hydrogen) atoms. The van der Waals surface area contributed by atoms with Gasteiger partial charge in [-0.25, -0.2) is 4.79 Å². The molecule has 1 N–H and O–H groups in total. The van der Waals surface area contributed by atoms with Gasteiger partial charge in [0.1, 0.15) is 0 Å². The molecular weight excluding hydrogens is 300 g/mol. The Morgan fingerprint density at radius 3 is 2.71 bits per heavy atom. The van der Waals surface area contributed by atoms with Crippen molar-refractivity contribution < 1.29 is 14.6 Å². The summed E-state index contributed by atoms with van der Waals surface area (Å²) in [6.45, 7) is 9.32. The number of aliphatic hydroxyl groups is 1. The molecule has 0 saturated heterocycles. The zero-order valence-corrected chi connectivity index (χ0v) is 16.0. The van der Waals surface area contributed by atoms with E-state index in [1.165, 1.54) is 31.9 Å². The fourth-order valence-electron chi connectivity index (χ4n) is 5.37. The highest BCUT2D eigenvalue weighted by atomic mass is 16.5. The summed E-state index contributed by atoms with van der Waals surface area (Å²) in [6.07, 6.45) is 10.6. The second-order valence-corrected chi connectivity index (χ2v) is 8.61. The van der Waals surface area contributed by atoms with E-state index in [0.29, 0.717) is 11.3 Å². The minimum atomic E-state index is -0.160. The van der Waals surface area contributed by atoms with E-state index in [2.05, 4.69) is 33.8 Å². The average Bonchev–Trinajstić information content (AvgIpc) is 2.51. The monoisotopic (exact) mass is 334 g/mol. The number of hydrogen-bond donors (Lipinski definition) is 1. The predicted molar refractivity (Wildman–Crippen MR) is 97.5 cm³/mol. The molecule has 0 aliphatic heterocycles. The predicted octanol–water partition coefficient (Wildman–Crippen LogP) is 4.66. The molecule has 0 aromatic carbocycles. The standard InChI is InChI=1S/C21H34O3/c1-15(11-14-22)7-9-17-16(19(23)24-5)8-10-18-20(2,3)12-6-13-21(17,18)4/h8,11,17-18,22H,6-7,9-10,12-14H2,1-5H3. The Labute approximate surface area is 147 Å². The zero-order valence-electron chi connectivity index (χ0n) is 16.0. The fourth-order valence-corrected chi connectivity index (χ4v) is 5.37. The van der Waals surface area contributed by atoms with Crippen molar-refractivity contribution in [2.24, 2.45) is 22.7 Å². The molecule has 0 heterocycles. The van der Waals surface area contributed by atoms with Crippen LogP contribution in [0.5, 0.6) is 0 Å². The lowest BCUT2D eigenvalue weighted by molar-refractivity contribution is -0.139. The number of aliphatic hydroxyl groups excluding tert-OH is 1. The normalized spacial score (nSPS) is 32.8. The minimum Gasteiger partial charge on any atom is -0.466 e. The summed E-state index contributed by atoms with van der Waals surface area (Å²) in [5.41, 5.74) is 2.55. The van der Waals surface area contributed by atoms with Crippen LogP contribution in [0, 0.1) is 22.7 Å². The summed E-state index contributed by atoms with van der Waals surface area (Å²) >= 11 is 0. The molecule has 1 saturated carbocycles. The molecule has 0 bridgehead atoms. The van der Waals surface area contributed by atoms with E-state index in [1.807, 2.05) is 6.08 Å². The zero-order chi connectivity index (χ0) is 18.0. The number of methoxy groups -OCH3 is 1. The van der Waals surface area contributed by atoms with E-state index in [1.54, 1.807) is 0 Å². The quantitative estimate of drug-likeness (QED) is 0.587. The molecule has 0 aromatic heterocycles. The van der Waals surface area contributed by atoms with Gasteiger partial charge in [0.05, 0.1) is 13.7 Å². The molecule has 2 rings (SSSR count). The molecule has 0 radical (unpaired) electrons. The lowest BCUT2D eigenvalue weighted by Gasteiger charge is -2.56. The van der Waals surface area contributed by atoms with Crippen LogP contribution in [-0.2, 0) is 9.53 Å². The average molecular weight is 335 g/mol. The highest BCUT2D eigenvalue weighted by Gasteiger charge is 2.53. The molecule has 0 aromatic rings. The van der Waals surface area contributed by atoms with E-state index in [4.69, 9.17) is 9.84 Å². The third-order valence-corrected chi connectivity index (χ3v) is 6.71. The maximum atomic E-state index is 12.4. The summed E-state index contributed by atoms with van der Waals surface area (Å²) in [7, 11) is 1.48. The number of carbonyl (C=O) groups excluding carboxylic acids is 1. The van der Waals surface area contributed by atoms with Crippen LogP contribution in [0.4, 0.5) is 0 Å². The third kappa shape index (κ3) is 3.61.